The van der Waals surface area contributed by atoms with E-state index in [9.17, 15) is 19.2 Å². The van der Waals surface area contributed by atoms with Crippen LogP contribution in [-0.2, 0) is 9.59 Å². The van der Waals surface area contributed by atoms with E-state index >= 15 is 0 Å². The highest BCUT2D eigenvalue weighted by Gasteiger charge is 2.54. The van der Waals surface area contributed by atoms with Crippen LogP contribution in [0.5, 0.6) is 0 Å². The third kappa shape index (κ3) is 4.77. The van der Waals surface area contributed by atoms with Gasteiger partial charge >= 0.3 is 12.1 Å². The van der Waals surface area contributed by atoms with Crippen LogP contribution in [0, 0.1) is 0 Å². The zero-order valence-corrected chi connectivity index (χ0v) is 24.5. The van der Waals surface area contributed by atoms with E-state index in [4.69, 9.17) is 0 Å². The molecule has 8 nitrogen and oxygen atoms in total. The molecular weight excluding hydrogens is 616 g/mol. The Balaban J connectivity index is 0.000000155. The van der Waals surface area contributed by atoms with Crippen LogP contribution in [-0.4, -0.2) is 58.8 Å². The van der Waals surface area contributed by atoms with Gasteiger partial charge in [-0.25, -0.2) is 9.59 Å². The van der Waals surface area contributed by atoms with Gasteiger partial charge in [0.15, 0.2) is 0 Å². The Morgan fingerprint density at radius 2 is 1.00 bits per heavy atom. The Hall–Kier alpha value is -2.72. The summed E-state index contributed by atoms with van der Waals surface area (Å²) in [5.74, 6) is 0.502. The summed E-state index contributed by atoms with van der Waals surface area (Å²) < 4.78 is 2.10. The van der Waals surface area contributed by atoms with Gasteiger partial charge in [-0.3, -0.25) is 19.4 Å². The number of nitrogens with zero attached hydrogens (tertiary/aromatic N) is 2. The van der Waals surface area contributed by atoms with Crippen LogP contribution < -0.4 is 10.6 Å². The molecule has 2 aromatic carbocycles. The topological polar surface area (TPSA) is 98.8 Å². The standard InChI is InChI=1S/2C14H15BrN2O2/c2*1-17-12(18)14(16-13(17)19)7-6-10(8-14)9-2-4-11(15)5-3-9/h2*2-5,10H,6-8H2,1H3,(H,16,19)/t10-,14+;10-,14-/m00/s1. The highest BCUT2D eigenvalue weighted by molar-refractivity contribution is 9.10. The van der Waals surface area contributed by atoms with Gasteiger partial charge in [-0.1, -0.05) is 56.1 Å². The molecule has 6 rings (SSSR count). The Kier molecular flexibility index (Phi) is 7.15. The molecule has 4 fully saturated rings. The molecule has 2 aromatic rings. The predicted molar refractivity (Wildman–Crippen MR) is 150 cm³/mol. The van der Waals surface area contributed by atoms with Crippen LogP contribution in [0.25, 0.3) is 0 Å². The average molecular weight is 646 g/mol. The molecule has 200 valence electrons. The highest BCUT2D eigenvalue weighted by atomic mass is 79.9. The Labute approximate surface area is 238 Å². The fourth-order valence-corrected chi connectivity index (χ4v) is 6.78. The number of likely N-dealkylation sites (N-methyl/N-ethyl adjacent to an activating group) is 2. The highest BCUT2D eigenvalue weighted by Crippen LogP contribution is 2.45. The zero-order chi connectivity index (χ0) is 27.2. The van der Waals surface area contributed by atoms with E-state index in [-0.39, 0.29) is 23.9 Å². The molecule has 2 N–H and O–H groups in total. The maximum atomic E-state index is 12.2. The largest absolute Gasteiger partial charge is 0.324 e. The van der Waals surface area contributed by atoms with E-state index in [1.165, 1.54) is 20.9 Å². The minimum absolute atomic E-state index is 0.0860. The number of carbonyl (C=O) groups excluding carboxylic acids is 4. The number of benzene rings is 2. The number of urea groups is 2. The maximum absolute atomic E-state index is 12.2. The van der Waals surface area contributed by atoms with Gasteiger partial charge < -0.3 is 10.6 Å². The summed E-state index contributed by atoms with van der Waals surface area (Å²) >= 11 is 6.84. The molecule has 6 amide bonds. The zero-order valence-electron chi connectivity index (χ0n) is 21.3. The molecular formula is C28H30Br2N4O4. The number of halogens is 2. The lowest BCUT2D eigenvalue weighted by molar-refractivity contribution is -0.131. The number of amides is 6. The lowest BCUT2D eigenvalue weighted by Crippen LogP contribution is -2.44. The van der Waals surface area contributed by atoms with Gasteiger partial charge in [-0.05, 0) is 85.8 Å². The minimum Gasteiger partial charge on any atom is -0.323 e. The summed E-state index contributed by atoms with van der Waals surface area (Å²) in [6.45, 7) is 0. The smallest absolute Gasteiger partial charge is 0.323 e. The van der Waals surface area contributed by atoms with E-state index in [2.05, 4.69) is 66.8 Å². The summed E-state index contributed by atoms with van der Waals surface area (Å²) in [6.07, 6.45) is 4.71. The summed E-state index contributed by atoms with van der Waals surface area (Å²) in [6, 6.07) is 15.8. The second kappa shape index (κ2) is 10.1. The van der Waals surface area contributed by atoms with Gasteiger partial charge in [0, 0.05) is 23.0 Å². The molecule has 4 aliphatic rings. The Morgan fingerprint density at radius 3 is 1.29 bits per heavy atom. The van der Waals surface area contributed by atoms with Crippen LogP contribution in [0.15, 0.2) is 57.5 Å². The van der Waals surface area contributed by atoms with Gasteiger partial charge in [0.2, 0.25) is 0 Å². The van der Waals surface area contributed by atoms with E-state index in [1.54, 1.807) is 14.1 Å². The SMILES string of the molecule is CN1C(=O)N[C@@]2(CC[C@H](c3ccc(Br)cc3)C2)C1=O.CN1C(=O)N[C@]2(CC[C@H](c3ccc(Br)cc3)C2)C1=O. The van der Waals surface area contributed by atoms with Crippen LogP contribution in [0.3, 0.4) is 0 Å². The van der Waals surface area contributed by atoms with Gasteiger partial charge in [0.25, 0.3) is 11.8 Å². The molecule has 2 aliphatic heterocycles. The summed E-state index contributed by atoms with van der Waals surface area (Å²) in [5, 5.41) is 5.74. The quantitative estimate of drug-likeness (QED) is 0.435. The molecule has 0 aromatic heterocycles. The molecule has 0 radical (unpaired) electrons. The fraction of sp³-hybridized carbons (Fsp3) is 0.429. The van der Waals surface area contributed by atoms with E-state index < -0.39 is 11.1 Å². The predicted octanol–water partition coefficient (Wildman–Crippen LogP) is 5.27. The van der Waals surface area contributed by atoms with Crippen molar-refractivity contribution in [1.29, 1.82) is 0 Å². The number of hydrogen-bond acceptors (Lipinski definition) is 4. The first-order valence-corrected chi connectivity index (χ1v) is 14.3. The number of hydrogen-bond donors (Lipinski definition) is 2. The lowest BCUT2D eigenvalue weighted by Gasteiger charge is -2.20. The first kappa shape index (κ1) is 26.9. The average Bonchev–Trinajstić information content (AvgIpc) is 3.63. The van der Waals surface area contributed by atoms with Crippen molar-refractivity contribution in [2.45, 2.75) is 61.4 Å². The number of carbonyl (C=O) groups is 4. The van der Waals surface area contributed by atoms with Crippen LogP contribution in [0.2, 0.25) is 0 Å². The van der Waals surface area contributed by atoms with Crippen LogP contribution in [0.4, 0.5) is 9.59 Å². The fourth-order valence-electron chi connectivity index (χ4n) is 6.26. The van der Waals surface area contributed by atoms with Crippen molar-refractivity contribution in [3.63, 3.8) is 0 Å². The molecule has 2 saturated heterocycles. The van der Waals surface area contributed by atoms with Gasteiger partial charge in [-0.2, -0.15) is 0 Å². The molecule has 38 heavy (non-hydrogen) atoms. The lowest BCUT2D eigenvalue weighted by atomic mass is 9.92. The first-order valence-electron chi connectivity index (χ1n) is 12.8. The number of rotatable bonds is 2. The third-order valence-corrected chi connectivity index (χ3v) is 9.50. The summed E-state index contributed by atoms with van der Waals surface area (Å²) in [5.41, 5.74) is 1.14. The van der Waals surface area contributed by atoms with Crippen LogP contribution in [0.1, 0.15) is 61.5 Å². The summed E-state index contributed by atoms with van der Waals surface area (Å²) in [7, 11) is 3.08. The summed E-state index contributed by atoms with van der Waals surface area (Å²) in [4.78, 5) is 50.1. The first-order chi connectivity index (χ1) is 18.0. The third-order valence-electron chi connectivity index (χ3n) is 8.44. The molecule has 2 heterocycles. The molecule has 2 saturated carbocycles. The second-order valence-corrected chi connectivity index (χ2v) is 12.6. The van der Waals surface area contributed by atoms with Crippen molar-refractivity contribution < 1.29 is 19.2 Å². The van der Waals surface area contributed by atoms with Crippen molar-refractivity contribution in [2.75, 3.05) is 14.1 Å². The van der Waals surface area contributed by atoms with E-state index in [0.717, 1.165) is 34.6 Å². The normalized spacial score (nSPS) is 30.2. The van der Waals surface area contributed by atoms with Gasteiger partial charge in [-0.15, -0.1) is 0 Å². The molecule has 0 bridgehead atoms. The molecule has 0 unspecified atom stereocenters. The van der Waals surface area contributed by atoms with Crippen molar-refractivity contribution in [3.05, 3.63) is 68.6 Å². The van der Waals surface area contributed by atoms with Crippen molar-refractivity contribution in [2.24, 2.45) is 0 Å². The molecule has 2 spiro atoms. The van der Waals surface area contributed by atoms with Gasteiger partial charge in [0.05, 0.1) is 0 Å². The Morgan fingerprint density at radius 1 is 0.658 bits per heavy atom. The van der Waals surface area contributed by atoms with Crippen molar-refractivity contribution in [1.82, 2.24) is 20.4 Å². The Bertz CT molecular complexity index is 1190. The second-order valence-electron chi connectivity index (χ2n) is 10.7. The number of nitrogens with one attached hydrogen (secondary N) is 2. The van der Waals surface area contributed by atoms with Crippen molar-refractivity contribution in [3.8, 4) is 0 Å². The van der Waals surface area contributed by atoms with Crippen molar-refractivity contribution >= 4 is 55.7 Å². The van der Waals surface area contributed by atoms with E-state index in [0.29, 0.717) is 24.7 Å². The van der Waals surface area contributed by atoms with Crippen LogP contribution >= 0.6 is 31.9 Å². The number of imide groups is 2. The monoisotopic (exact) mass is 644 g/mol. The molecule has 2 aliphatic carbocycles. The van der Waals surface area contributed by atoms with Gasteiger partial charge in [0.1, 0.15) is 11.1 Å². The van der Waals surface area contributed by atoms with E-state index in [1.807, 2.05) is 24.3 Å². The maximum Gasteiger partial charge on any atom is 0.324 e. The molecule has 4 atom stereocenters. The molecule has 10 heteroatoms. The minimum atomic E-state index is -0.663.